The first-order chi connectivity index (χ1) is 12.7. The third-order valence-corrected chi connectivity index (χ3v) is 5.63. The van der Waals surface area contributed by atoms with Gasteiger partial charge in [0.2, 0.25) is 11.8 Å². The maximum atomic E-state index is 12.4. The van der Waals surface area contributed by atoms with E-state index in [0.717, 1.165) is 35.4 Å². The minimum Gasteiger partial charge on any atom is -0.474 e. The molecule has 2 saturated carbocycles. The highest BCUT2D eigenvalue weighted by Gasteiger charge is 2.44. The van der Waals surface area contributed by atoms with Crippen molar-refractivity contribution in [3.8, 4) is 5.88 Å². The Bertz CT molecular complexity index is 772. The second-order valence-corrected chi connectivity index (χ2v) is 7.62. The molecule has 2 aliphatic rings. The summed E-state index contributed by atoms with van der Waals surface area (Å²) in [6, 6.07) is 11.6. The molecule has 4 rings (SSSR count). The molecule has 1 amide bonds. The van der Waals surface area contributed by atoms with Gasteiger partial charge in [-0.2, -0.15) is 0 Å². The molecule has 2 aliphatic carbocycles. The van der Waals surface area contributed by atoms with Gasteiger partial charge in [-0.3, -0.25) is 4.79 Å². The zero-order valence-corrected chi connectivity index (χ0v) is 15.4. The van der Waals surface area contributed by atoms with Crippen molar-refractivity contribution in [2.24, 2.45) is 5.92 Å². The number of carbonyl (C=O) groups excluding carboxylic acids is 1. The minimum absolute atomic E-state index is 0.0211. The zero-order valence-electron chi connectivity index (χ0n) is 14.7. The Morgan fingerprint density at radius 3 is 2.73 bits per heavy atom. The van der Waals surface area contributed by atoms with E-state index in [-0.39, 0.29) is 17.7 Å². The van der Waals surface area contributed by atoms with Crippen molar-refractivity contribution in [2.75, 3.05) is 0 Å². The van der Waals surface area contributed by atoms with Gasteiger partial charge >= 0.3 is 0 Å². The normalized spacial score (nSPS) is 22.2. The predicted molar refractivity (Wildman–Crippen MR) is 101 cm³/mol. The number of nitrogens with zero attached hydrogens (tertiary/aromatic N) is 1. The summed E-state index contributed by atoms with van der Waals surface area (Å²) in [6.07, 6.45) is 7.67. The fourth-order valence-electron chi connectivity index (χ4n) is 3.69. The van der Waals surface area contributed by atoms with Crippen LogP contribution in [0.15, 0.2) is 42.6 Å². The maximum absolute atomic E-state index is 12.4. The number of rotatable bonds is 6. The number of hydrogen-bond acceptors (Lipinski definition) is 3. The molecule has 5 heteroatoms. The van der Waals surface area contributed by atoms with E-state index in [9.17, 15) is 4.79 Å². The minimum atomic E-state index is 0.0211. The van der Waals surface area contributed by atoms with Crippen LogP contribution in [0, 0.1) is 5.92 Å². The molecule has 1 N–H and O–H groups in total. The van der Waals surface area contributed by atoms with Crippen molar-refractivity contribution in [1.82, 2.24) is 10.3 Å². The van der Waals surface area contributed by atoms with Crippen molar-refractivity contribution in [1.29, 1.82) is 0 Å². The number of amides is 1. The Morgan fingerprint density at radius 2 is 2.00 bits per heavy atom. The van der Waals surface area contributed by atoms with Crippen LogP contribution >= 0.6 is 11.6 Å². The molecular formula is C21H23ClN2O2. The lowest BCUT2D eigenvalue weighted by Gasteiger charge is -2.12. The van der Waals surface area contributed by atoms with E-state index in [4.69, 9.17) is 16.3 Å². The van der Waals surface area contributed by atoms with E-state index in [1.54, 1.807) is 6.20 Å². The van der Waals surface area contributed by atoms with Crippen LogP contribution in [0.25, 0.3) is 0 Å². The van der Waals surface area contributed by atoms with Gasteiger partial charge in [-0.1, -0.05) is 35.9 Å². The van der Waals surface area contributed by atoms with Gasteiger partial charge in [-0.05, 0) is 55.2 Å². The van der Waals surface area contributed by atoms with E-state index < -0.39 is 0 Å². The molecular weight excluding hydrogens is 348 g/mol. The molecule has 2 fully saturated rings. The average molecular weight is 371 g/mol. The molecule has 2 unspecified atom stereocenters. The van der Waals surface area contributed by atoms with E-state index in [0.29, 0.717) is 18.5 Å². The van der Waals surface area contributed by atoms with Gasteiger partial charge in [-0.25, -0.2) is 4.98 Å². The van der Waals surface area contributed by atoms with Gasteiger partial charge in [0, 0.05) is 29.7 Å². The number of hydrogen-bond donors (Lipinski definition) is 1. The van der Waals surface area contributed by atoms with Gasteiger partial charge in [0.25, 0.3) is 0 Å². The standard InChI is InChI=1S/C21H23ClN2O2/c22-19-8-4-3-7-16(19)17-11-18(17)21(25)24-13-14-9-10-20(23-12-14)26-15-5-1-2-6-15/h3-4,7-10,12,15,17-18H,1-2,5-6,11,13H2,(H,24,25). The molecule has 0 aliphatic heterocycles. The molecule has 0 spiro atoms. The fourth-order valence-corrected chi connectivity index (χ4v) is 3.96. The Morgan fingerprint density at radius 1 is 1.19 bits per heavy atom. The predicted octanol–water partition coefficient (Wildman–Crippen LogP) is 4.48. The molecule has 0 radical (unpaired) electrons. The smallest absolute Gasteiger partial charge is 0.224 e. The molecule has 2 aromatic rings. The number of ether oxygens (including phenoxy) is 1. The van der Waals surface area contributed by atoms with Crippen LogP contribution in [0.3, 0.4) is 0 Å². The third-order valence-electron chi connectivity index (χ3n) is 5.29. The highest BCUT2D eigenvalue weighted by atomic mass is 35.5. The van der Waals surface area contributed by atoms with E-state index in [1.807, 2.05) is 36.4 Å². The van der Waals surface area contributed by atoms with Crippen molar-refractivity contribution in [3.05, 3.63) is 58.7 Å². The molecule has 4 nitrogen and oxygen atoms in total. The Labute approximate surface area is 158 Å². The molecule has 0 bridgehead atoms. The topological polar surface area (TPSA) is 51.2 Å². The molecule has 136 valence electrons. The van der Waals surface area contributed by atoms with Crippen molar-refractivity contribution in [2.45, 2.75) is 50.7 Å². The summed E-state index contributed by atoms with van der Waals surface area (Å²) in [5.74, 6) is 1.02. The Kier molecular flexibility index (Phi) is 5.11. The van der Waals surface area contributed by atoms with Gasteiger partial charge in [0.1, 0.15) is 6.10 Å². The van der Waals surface area contributed by atoms with Gasteiger partial charge in [-0.15, -0.1) is 0 Å². The number of benzene rings is 1. The Hall–Kier alpha value is -2.07. The van der Waals surface area contributed by atoms with E-state index >= 15 is 0 Å². The summed E-state index contributed by atoms with van der Waals surface area (Å²) in [6.45, 7) is 0.487. The molecule has 1 aromatic carbocycles. The third kappa shape index (κ3) is 4.01. The summed E-state index contributed by atoms with van der Waals surface area (Å²) >= 11 is 6.23. The number of nitrogens with one attached hydrogen (secondary N) is 1. The first kappa shape index (κ1) is 17.3. The van der Waals surface area contributed by atoms with Crippen molar-refractivity contribution < 1.29 is 9.53 Å². The lowest BCUT2D eigenvalue weighted by atomic mass is 10.1. The number of pyridine rings is 1. The summed E-state index contributed by atoms with van der Waals surface area (Å²) < 4.78 is 5.87. The quantitative estimate of drug-likeness (QED) is 0.815. The van der Waals surface area contributed by atoms with Crippen LogP contribution in [0.1, 0.15) is 49.1 Å². The van der Waals surface area contributed by atoms with Crippen LogP contribution in [0.2, 0.25) is 5.02 Å². The van der Waals surface area contributed by atoms with E-state index in [2.05, 4.69) is 10.3 Å². The van der Waals surface area contributed by atoms with Gasteiger partial charge in [0.15, 0.2) is 0 Å². The highest BCUT2D eigenvalue weighted by Crippen LogP contribution is 2.49. The molecule has 2 atom stereocenters. The summed E-state index contributed by atoms with van der Waals surface area (Å²) in [5.41, 5.74) is 2.05. The molecule has 0 saturated heterocycles. The number of carbonyl (C=O) groups is 1. The maximum Gasteiger partial charge on any atom is 0.224 e. The largest absolute Gasteiger partial charge is 0.474 e. The van der Waals surface area contributed by atoms with Crippen LogP contribution in [-0.4, -0.2) is 17.0 Å². The first-order valence-corrected chi connectivity index (χ1v) is 9.72. The Balaban J connectivity index is 1.26. The van der Waals surface area contributed by atoms with E-state index in [1.165, 1.54) is 12.8 Å². The average Bonchev–Trinajstić information content (AvgIpc) is 3.29. The number of aromatic nitrogens is 1. The van der Waals surface area contributed by atoms with Crippen LogP contribution in [0.5, 0.6) is 5.88 Å². The van der Waals surface area contributed by atoms with Crippen LogP contribution in [0.4, 0.5) is 0 Å². The fraction of sp³-hybridized carbons (Fsp3) is 0.429. The van der Waals surface area contributed by atoms with Gasteiger partial charge in [0.05, 0.1) is 0 Å². The first-order valence-electron chi connectivity index (χ1n) is 9.34. The SMILES string of the molecule is O=C(NCc1ccc(OC2CCCC2)nc1)C1CC1c1ccccc1Cl. The second kappa shape index (κ2) is 7.67. The molecule has 26 heavy (non-hydrogen) atoms. The second-order valence-electron chi connectivity index (χ2n) is 7.22. The lowest BCUT2D eigenvalue weighted by Crippen LogP contribution is -2.25. The summed E-state index contributed by atoms with van der Waals surface area (Å²) in [4.78, 5) is 16.7. The van der Waals surface area contributed by atoms with Crippen LogP contribution in [-0.2, 0) is 11.3 Å². The highest BCUT2D eigenvalue weighted by molar-refractivity contribution is 6.31. The monoisotopic (exact) mass is 370 g/mol. The number of halogens is 1. The summed E-state index contributed by atoms with van der Waals surface area (Å²) in [5, 5.41) is 3.76. The summed E-state index contributed by atoms with van der Waals surface area (Å²) in [7, 11) is 0. The zero-order chi connectivity index (χ0) is 17.9. The molecule has 1 aromatic heterocycles. The lowest BCUT2D eigenvalue weighted by molar-refractivity contribution is -0.122. The van der Waals surface area contributed by atoms with Crippen LogP contribution < -0.4 is 10.1 Å². The van der Waals surface area contributed by atoms with Crippen molar-refractivity contribution in [3.63, 3.8) is 0 Å². The molecule has 1 heterocycles. The van der Waals surface area contributed by atoms with Gasteiger partial charge < -0.3 is 10.1 Å². The van der Waals surface area contributed by atoms with Crippen molar-refractivity contribution >= 4 is 17.5 Å².